The van der Waals surface area contributed by atoms with Crippen LogP contribution in [0.3, 0.4) is 0 Å². The zero-order chi connectivity index (χ0) is 19.1. The summed E-state index contributed by atoms with van der Waals surface area (Å²) in [5.41, 5.74) is 4.61. The van der Waals surface area contributed by atoms with Crippen molar-refractivity contribution >= 4 is 43.2 Å². The molecule has 0 amide bonds. The van der Waals surface area contributed by atoms with Gasteiger partial charge in [0.1, 0.15) is 0 Å². The summed E-state index contributed by atoms with van der Waals surface area (Å²) in [4.78, 5) is 4.44. The van der Waals surface area contributed by atoms with E-state index in [0.717, 1.165) is 56.0 Å². The highest BCUT2D eigenvalue weighted by atomic mass is 79.9. The molecule has 0 fully saturated rings. The molecule has 0 spiro atoms. The van der Waals surface area contributed by atoms with Crippen LogP contribution in [0, 0.1) is 0 Å². The van der Waals surface area contributed by atoms with Gasteiger partial charge in [-0.3, -0.25) is 0 Å². The third-order valence-corrected chi connectivity index (χ3v) is 6.17. The molecule has 0 radical (unpaired) electrons. The molecule has 2 aliphatic heterocycles. The molecule has 0 aromatic heterocycles. The first kappa shape index (κ1) is 17.9. The van der Waals surface area contributed by atoms with Crippen LogP contribution in [0.2, 0.25) is 0 Å². The number of hydrogen-bond donors (Lipinski definition) is 0. The van der Waals surface area contributed by atoms with Crippen LogP contribution in [0.25, 0.3) is 0 Å². The maximum absolute atomic E-state index is 6.14. The van der Waals surface area contributed by atoms with Gasteiger partial charge in [0.05, 0.1) is 0 Å². The number of benzene rings is 3. The summed E-state index contributed by atoms with van der Waals surface area (Å²) in [5, 5.41) is 0. The Morgan fingerprint density at radius 2 is 0.964 bits per heavy atom. The Morgan fingerprint density at radius 1 is 0.571 bits per heavy atom. The van der Waals surface area contributed by atoms with Crippen LogP contribution in [0.5, 0.6) is 11.5 Å². The van der Waals surface area contributed by atoms with Crippen molar-refractivity contribution in [2.75, 3.05) is 23.3 Å². The summed E-state index contributed by atoms with van der Waals surface area (Å²) in [5.74, 6) is 1.78. The van der Waals surface area contributed by atoms with E-state index in [1.807, 2.05) is 0 Å². The van der Waals surface area contributed by atoms with Gasteiger partial charge in [0.2, 0.25) is 0 Å². The zero-order valence-corrected chi connectivity index (χ0v) is 18.2. The lowest BCUT2D eigenvalue weighted by molar-refractivity contribution is 0.239. The van der Waals surface area contributed by atoms with Crippen LogP contribution >= 0.6 is 31.9 Å². The normalized spacial score (nSPS) is 15.4. The van der Waals surface area contributed by atoms with Gasteiger partial charge >= 0.3 is 0 Å². The molecule has 142 valence electrons. The van der Waals surface area contributed by atoms with Crippen molar-refractivity contribution < 1.29 is 9.47 Å². The number of fused-ring (bicyclic) bond motifs is 3. The molecule has 0 saturated carbocycles. The molecule has 2 heterocycles. The maximum atomic E-state index is 6.14. The van der Waals surface area contributed by atoms with Crippen LogP contribution in [0.1, 0.15) is 11.1 Å². The fourth-order valence-electron chi connectivity index (χ4n) is 3.63. The van der Waals surface area contributed by atoms with Crippen LogP contribution in [-0.4, -0.2) is 13.5 Å². The second kappa shape index (κ2) is 7.33. The van der Waals surface area contributed by atoms with E-state index in [1.165, 1.54) is 0 Å². The number of hydrogen-bond acceptors (Lipinski definition) is 4. The first-order valence-electron chi connectivity index (χ1n) is 9.09. The Balaban J connectivity index is 1.38. The molecule has 3 aromatic carbocycles. The first-order chi connectivity index (χ1) is 13.7. The lowest BCUT2D eigenvalue weighted by atomic mass is 10.0. The van der Waals surface area contributed by atoms with E-state index in [4.69, 9.17) is 9.47 Å². The van der Waals surface area contributed by atoms with Crippen molar-refractivity contribution in [2.24, 2.45) is 0 Å². The van der Waals surface area contributed by atoms with Gasteiger partial charge < -0.3 is 19.3 Å². The minimum atomic E-state index is 0.519. The topological polar surface area (TPSA) is 24.9 Å². The monoisotopic (exact) mass is 500 g/mol. The number of rotatable bonds is 2. The van der Waals surface area contributed by atoms with Crippen molar-refractivity contribution in [2.45, 2.75) is 13.1 Å². The molecule has 5 rings (SSSR count). The molecule has 0 aliphatic carbocycles. The highest BCUT2D eigenvalue weighted by molar-refractivity contribution is 9.10. The average molecular weight is 502 g/mol. The lowest BCUT2D eigenvalue weighted by Crippen LogP contribution is -2.35. The van der Waals surface area contributed by atoms with E-state index in [9.17, 15) is 0 Å². The Kier molecular flexibility index (Phi) is 4.69. The molecule has 6 heteroatoms. The molecular formula is C22H18Br2N2O2. The third kappa shape index (κ3) is 3.35. The van der Waals surface area contributed by atoms with Crippen molar-refractivity contribution in [3.05, 3.63) is 80.7 Å². The maximum Gasteiger partial charge on any atom is 0.169 e. The summed E-state index contributed by atoms with van der Waals surface area (Å²) < 4.78 is 14.4. The van der Waals surface area contributed by atoms with Gasteiger partial charge in [-0.05, 0) is 48.5 Å². The van der Waals surface area contributed by atoms with Crippen molar-refractivity contribution in [1.29, 1.82) is 0 Å². The highest BCUT2D eigenvalue weighted by Gasteiger charge is 2.27. The second-order valence-corrected chi connectivity index (χ2v) is 8.77. The SMILES string of the molecule is Brc1ccc(N2COc3c(ccc4c3OCN(c3ccc(Br)cc3)C4)C2)cc1. The molecule has 0 N–H and O–H groups in total. The predicted octanol–water partition coefficient (Wildman–Crippen LogP) is 5.92. The second-order valence-electron chi connectivity index (χ2n) is 6.94. The van der Waals surface area contributed by atoms with E-state index in [0.29, 0.717) is 13.5 Å². The van der Waals surface area contributed by atoms with Gasteiger partial charge in [0.15, 0.2) is 25.0 Å². The van der Waals surface area contributed by atoms with E-state index < -0.39 is 0 Å². The number of nitrogens with zero attached hydrogens (tertiary/aromatic N) is 2. The summed E-state index contributed by atoms with van der Waals surface area (Å²) in [6.07, 6.45) is 0. The Labute approximate surface area is 180 Å². The predicted molar refractivity (Wildman–Crippen MR) is 118 cm³/mol. The van der Waals surface area contributed by atoms with Crippen molar-refractivity contribution in [3.8, 4) is 11.5 Å². The van der Waals surface area contributed by atoms with Crippen molar-refractivity contribution in [1.82, 2.24) is 0 Å². The highest BCUT2D eigenvalue weighted by Crippen LogP contribution is 2.42. The summed E-state index contributed by atoms with van der Waals surface area (Å²) >= 11 is 6.98. The van der Waals surface area contributed by atoms with Gasteiger partial charge in [-0.15, -0.1) is 0 Å². The Hall–Kier alpha value is -2.18. The first-order valence-corrected chi connectivity index (χ1v) is 10.7. The van der Waals surface area contributed by atoms with Crippen LogP contribution < -0.4 is 19.3 Å². The van der Waals surface area contributed by atoms with Gasteiger partial charge in [0.25, 0.3) is 0 Å². The van der Waals surface area contributed by atoms with E-state index in [1.54, 1.807) is 0 Å². The number of anilines is 2. The quantitative estimate of drug-likeness (QED) is 0.434. The molecule has 4 nitrogen and oxygen atoms in total. The average Bonchev–Trinajstić information content (AvgIpc) is 2.74. The minimum Gasteiger partial charge on any atom is -0.469 e. The molecule has 0 bridgehead atoms. The lowest BCUT2D eigenvalue weighted by Gasteiger charge is -2.36. The van der Waals surface area contributed by atoms with E-state index in [-0.39, 0.29) is 0 Å². The van der Waals surface area contributed by atoms with Crippen LogP contribution in [0.4, 0.5) is 11.4 Å². The molecule has 0 saturated heterocycles. The van der Waals surface area contributed by atoms with Crippen molar-refractivity contribution in [3.63, 3.8) is 0 Å². The van der Waals surface area contributed by atoms with Crippen LogP contribution in [0.15, 0.2) is 69.6 Å². The van der Waals surface area contributed by atoms with Gasteiger partial charge in [-0.1, -0.05) is 44.0 Å². The Bertz CT molecular complexity index is 924. The Morgan fingerprint density at radius 3 is 1.36 bits per heavy atom. The molecular weight excluding hydrogens is 484 g/mol. The number of ether oxygens (including phenoxy) is 2. The van der Waals surface area contributed by atoms with Crippen LogP contribution in [-0.2, 0) is 13.1 Å². The van der Waals surface area contributed by atoms with E-state index >= 15 is 0 Å². The molecule has 0 atom stereocenters. The van der Waals surface area contributed by atoms with Gasteiger partial charge in [0, 0.05) is 44.5 Å². The van der Waals surface area contributed by atoms with Gasteiger partial charge in [-0.2, -0.15) is 0 Å². The molecule has 2 aliphatic rings. The standard InChI is InChI=1S/C22H18Br2N2O2/c23-17-3-7-19(8-4-17)25-11-15-1-2-16-12-26(20-9-5-18(24)6-10-20)14-28-22(16)21(15)27-13-25/h1-10H,11-14H2. The molecule has 28 heavy (non-hydrogen) atoms. The van der Waals surface area contributed by atoms with Gasteiger partial charge in [-0.25, -0.2) is 0 Å². The third-order valence-electron chi connectivity index (χ3n) is 5.11. The fourth-order valence-corrected chi connectivity index (χ4v) is 4.16. The number of halogens is 2. The largest absolute Gasteiger partial charge is 0.469 e. The zero-order valence-electron chi connectivity index (χ0n) is 15.1. The fraction of sp³-hybridized carbons (Fsp3) is 0.182. The smallest absolute Gasteiger partial charge is 0.169 e. The molecule has 0 unspecified atom stereocenters. The molecule has 3 aromatic rings. The summed E-state index contributed by atoms with van der Waals surface area (Å²) in [6.45, 7) is 2.66. The minimum absolute atomic E-state index is 0.519. The van der Waals surface area contributed by atoms with E-state index in [2.05, 4.69) is 102 Å². The summed E-state index contributed by atoms with van der Waals surface area (Å²) in [6, 6.07) is 20.9. The summed E-state index contributed by atoms with van der Waals surface area (Å²) in [7, 11) is 0.